The van der Waals surface area contributed by atoms with E-state index in [0.717, 1.165) is 0 Å². The predicted molar refractivity (Wildman–Crippen MR) is 86.7 cm³/mol. The number of hydrogen-bond donors (Lipinski definition) is 2. The number of carboxylic acids is 1. The second-order valence-corrected chi connectivity index (χ2v) is 6.64. The number of carbonyl (C=O) groups excluding carboxylic acids is 1. The molecule has 2 aromatic carbocycles. The van der Waals surface area contributed by atoms with E-state index in [4.69, 9.17) is 5.11 Å². The Morgan fingerprint density at radius 2 is 1.62 bits per heavy atom. The van der Waals surface area contributed by atoms with Crippen molar-refractivity contribution in [2.24, 2.45) is 0 Å². The van der Waals surface area contributed by atoms with Crippen molar-refractivity contribution in [3.8, 4) is 0 Å². The summed E-state index contributed by atoms with van der Waals surface area (Å²) in [4.78, 5) is 22.2. The van der Waals surface area contributed by atoms with Crippen LogP contribution < -0.4 is 4.72 Å². The molecule has 2 rings (SSSR count). The Labute approximate surface area is 138 Å². The minimum Gasteiger partial charge on any atom is -0.478 e. The molecule has 24 heavy (non-hydrogen) atoms. The van der Waals surface area contributed by atoms with E-state index >= 15 is 0 Å². The number of anilines is 1. The quantitative estimate of drug-likeness (QED) is 0.802. The standard InChI is InChI=1S/C16H15NO6S/c1-10-9-12(16(20)23-2)5-8-14(10)17-24(21,22)13-6-3-11(4-7-13)15(18)19/h3-9,17H,1-2H3,(H,18,19). The van der Waals surface area contributed by atoms with Gasteiger partial charge in [0.15, 0.2) is 0 Å². The maximum absolute atomic E-state index is 12.4. The lowest BCUT2D eigenvalue weighted by atomic mass is 10.1. The van der Waals surface area contributed by atoms with E-state index in [2.05, 4.69) is 9.46 Å². The number of carbonyl (C=O) groups is 2. The number of rotatable bonds is 5. The highest BCUT2D eigenvalue weighted by Gasteiger charge is 2.17. The first-order valence-electron chi connectivity index (χ1n) is 6.80. The number of ether oxygens (including phenoxy) is 1. The number of esters is 1. The monoisotopic (exact) mass is 349 g/mol. The van der Waals surface area contributed by atoms with Gasteiger partial charge in [-0.3, -0.25) is 4.72 Å². The number of hydrogen-bond acceptors (Lipinski definition) is 5. The summed E-state index contributed by atoms with van der Waals surface area (Å²) in [7, 11) is -2.62. The molecular formula is C16H15NO6S. The molecular weight excluding hydrogens is 334 g/mol. The van der Waals surface area contributed by atoms with Gasteiger partial charge in [0.2, 0.25) is 0 Å². The largest absolute Gasteiger partial charge is 0.478 e. The second-order valence-electron chi connectivity index (χ2n) is 4.96. The molecule has 2 N–H and O–H groups in total. The summed E-state index contributed by atoms with van der Waals surface area (Å²) < 4.78 is 31.7. The number of carboxylic acid groups (broad SMARTS) is 1. The van der Waals surface area contributed by atoms with Crippen LogP contribution in [-0.2, 0) is 14.8 Å². The summed E-state index contributed by atoms with van der Waals surface area (Å²) >= 11 is 0. The molecule has 0 fully saturated rings. The minimum atomic E-state index is -3.88. The summed E-state index contributed by atoms with van der Waals surface area (Å²) in [6.07, 6.45) is 0. The van der Waals surface area contributed by atoms with Gasteiger partial charge < -0.3 is 9.84 Å². The van der Waals surface area contributed by atoms with Gasteiger partial charge in [-0.2, -0.15) is 0 Å². The molecule has 0 saturated heterocycles. The first-order chi connectivity index (χ1) is 11.2. The van der Waals surface area contributed by atoms with Gasteiger partial charge in [0.25, 0.3) is 10.0 Å². The fraction of sp³-hybridized carbons (Fsp3) is 0.125. The third-order valence-electron chi connectivity index (χ3n) is 3.30. The molecule has 7 nitrogen and oxygen atoms in total. The Balaban J connectivity index is 2.29. The van der Waals surface area contributed by atoms with Gasteiger partial charge in [-0.15, -0.1) is 0 Å². The van der Waals surface area contributed by atoms with Crippen molar-refractivity contribution in [1.29, 1.82) is 0 Å². The van der Waals surface area contributed by atoms with E-state index in [0.29, 0.717) is 16.8 Å². The zero-order valence-corrected chi connectivity index (χ0v) is 13.8. The molecule has 0 aliphatic carbocycles. The van der Waals surface area contributed by atoms with Crippen LogP contribution in [0.3, 0.4) is 0 Å². The van der Waals surface area contributed by atoms with Crippen LogP contribution in [-0.4, -0.2) is 32.6 Å². The van der Waals surface area contributed by atoms with E-state index in [9.17, 15) is 18.0 Å². The van der Waals surface area contributed by atoms with Crippen LogP contribution in [0.15, 0.2) is 47.4 Å². The Morgan fingerprint density at radius 1 is 1.04 bits per heavy atom. The van der Waals surface area contributed by atoms with Crippen molar-refractivity contribution in [2.75, 3.05) is 11.8 Å². The van der Waals surface area contributed by atoms with E-state index in [1.54, 1.807) is 6.92 Å². The van der Waals surface area contributed by atoms with Gasteiger partial charge in [0.1, 0.15) is 0 Å². The van der Waals surface area contributed by atoms with Crippen molar-refractivity contribution < 1.29 is 27.9 Å². The Hall–Kier alpha value is -2.87. The van der Waals surface area contributed by atoms with Gasteiger partial charge in [0, 0.05) is 0 Å². The average Bonchev–Trinajstić information content (AvgIpc) is 2.56. The average molecular weight is 349 g/mol. The SMILES string of the molecule is COC(=O)c1ccc(NS(=O)(=O)c2ccc(C(=O)O)cc2)c(C)c1. The lowest BCUT2D eigenvalue weighted by Gasteiger charge is -2.11. The highest BCUT2D eigenvalue weighted by Crippen LogP contribution is 2.21. The number of benzene rings is 2. The van der Waals surface area contributed by atoms with Crippen LogP contribution >= 0.6 is 0 Å². The first-order valence-corrected chi connectivity index (χ1v) is 8.28. The fourth-order valence-electron chi connectivity index (χ4n) is 2.00. The molecule has 2 aromatic rings. The Kier molecular flexibility index (Phi) is 4.89. The molecule has 0 spiro atoms. The van der Waals surface area contributed by atoms with Gasteiger partial charge in [-0.1, -0.05) is 0 Å². The van der Waals surface area contributed by atoms with Crippen molar-refractivity contribution in [1.82, 2.24) is 0 Å². The van der Waals surface area contributed by atoms with Crippen LogP contribution in [0.25, 0.3) is 0 Å². The van der Waals surface area contributed by atoms with E-state index in [1.165, 1.54) is 49.6 Å². The van der Waals surface area contributed by atoms with Gasteiger partial charge in [-0.05, 0) is 55.0 Å². The van der Waals surface area contributed by atoms with Gasteiger partial charge in [0.05, 0.1) is 28.8 Å². The van der Waals surface area contributed by atoms with Crippen molar-refractivity contribution >= 4 is 27.6 Å². The smallest absolute Gasteiger partial charge is 0.337 e. The lowest BCUT2D eigenvalue weighted by Crippen LogP contribution is -2.14. The summed E-state index contributed by atoms with van der Waals surface area (Å²) in [5, 5.41) is 8.84. The van der Waals surface area contributed by atoms with E-state index in [1.807, 2.05) is 0 Å². The highest BCUT2D eigenvalue weighted by atomic mass is 32.2. The maximum atomic E-state index is 12.4. The van der Waals surface area contributed by atoms with Gasteiger partial charge >= 0.3 is 11.9 Å². The zero-order chi connectivity index (χ0) is 17.9. The minimum absolute atomic E-state index is 0.00689. The molecule has 126 valence electrons. The normalized spacial score (nSPS) is 10.9. The van der Waals surface area contributed by atoms with Crippen LogP contribution in [0.1, 0.15) is 26.3 Å². The third-order valence-corrected chi connectivity index (χ3v) is 4.68. The molecule has 0 bridgehead atoms. The molecule has 0 atom stereocenters. The number of aryl methyl sites for hydroxylation is 1. The topological polar surface area (TPSA) is 110 Å². The van der Waals surface area contributed by atoms with Crippen molar-refractivity contribution in [2.45, 2.75) is 11.8 Å². The highest BCUT2D eigenvalue weighted by molar-refractivity contribution is 7.92. The molecule has 0 aliphatic heterocycles. The molecule has 0 aromatic heterocycles. The fourth-order valence-corrected chi connectivity index (χ4v) is 3.13. The number of nitrogens with one attached hydrogen (secondary N) is 1. The van der Waals surface area contributed by atoms with E-state index in [-0.39, 0.29) is 10.5 Å². The van der Waals surface area contributed by atoms with Gasteiger partial charge in [-0.25, -0.2) is 18.0 Å². The zero-order valence-electron chi connectivity index (χ0n) is 12.9. The van der Waals surface area contributed by atoms with Crippen LogP contribution in [0.4, 0.5) is 5.69 Å². The number of sulfonamides is 1. The van der Waals surface area contributed by atoms with Crippen molar-refractivity contribution in [3.05, 3.63) is 59.2 Å². The molecule has 0 heterocycles. The molecule has 0 aliphatic rings. The Morgan fingerprint density at radius 3 is 2.12 bits per heavy atom. The maximum Gasteiger partial charge on any atom is 0.337 e. The molecule has 0 amide bonds. The second kappa shape index (κ2) is 6.71. The lowest BCUT2D eigenvalue weighted by molar-refractivity contribution is 0.0599. The summed E-state index contributed by atoms with van der Waals surface area (Å²) in [6, 6.07) is 9.27. The predicted octanol–water partition coefficient (Wildman–Crippen LogP) is 2.28. The number of aromatic carboxylic acids is 1. The van der Waals surface area contributed by atoms with Crippen LogP contribution in [0, 0.1) is 6.92 Å². The van der Waals surface area contributed by atoms with Crippen LogP contribution in [0.5, 0.6) is 0 Å². The van der Waals surface area contributed by atoms with Crippen LogP contribution in [0.2, 0.25) is 0 Å². The van der Waals surface area contributed by atoms with E-state index < -0.39 is 22.0 Å². The Bertz CT molecular complexity index is 887. The number of methoxy groups -OCH3 is 1. The molecule has 0 saturated carbocycles. The molecule has 0 radical (unpaired) electrons. The van der Waals surface area contributed by atoms with Crippen molar-refractivity contribution in [3.63, 3.8) is 0 Å². The first kappa shape index (κ1) is 17.5. The molecule has 0 unspecified atom stereocenters. The summed E-state index contributed by atoms with van der Waals surface area (Å²) in [5.74, 6) is -1.65. The summed E-state index contributed by atoms with van der Waals surface area (Å²) in [5.41, 5.74) is 1.16. The molecule has 8 heteroatoms. The summed E-state index contributed by atoms with van der Waals surface area (Å²) in [6.45, 7) is 1.65. The third kappa shape index (κ3) is 3.72.